The van der Waals surface area contributed by atoms with Gasteiger partial charge in [-0.05, 0) is 72.2 Å². The number of aliphatic hydroxyl groups is 3. The van der Waals surface area contributed by atoms with Crippen molar-refractivity contribution in [1.82, 2.24) is 5.32 Å². The number of methoxy groups -OCH3 is 1. The monoisotopic (exact) mass is 561 g/mol. The standard InChI is InChI=1S/C34H43NO6/c1-6-22(16-23-12-13-24-10-8-9-11-25(24)18-23)17-26-14-15-27(40-5)19-29(26)28(7-2)32(38)35-34(4)21(3)31(37)30(20-36)41-33(34)39/h7-15,18-19,21-22,30-31,33,36-37,39H,6,16-17,20H2,1-5H3,(H,35,38)/b28-7+/t21-,22?,30+,31-,33?,34+/m0/s1. The van der Waals surface area contributed by atoms with Crippen LogP contribution in [0.4, 0.5) is 0 Å². The second kappa shape index (κ2) is 13.2. The second-order valence-electron chi connectivity index (χ2n) is 11.3. The van der Waals surface area contributed by atoms with E-state index in [4.69, 9.17) is 9.47 Å². The van der Waals surface area contributed by atoms with Crippen LogP contribution < -0.4 is 10.1 Å². The van der Waals surface area contributed by atoms with E-state index in [2.05, 4.69) is 48.6 Å². The van der Waals surface area contributed by atoms with Crippen LogP contribution in [0.15, 0.2) is 66.7 Å². The average Bonchev–Trinajstić information content (AvgIpc) is 2.98. The first kappa shape index (κ1) is 30.7. The Morgan fingerprint density at radius 2 is 1.83 bits per heavy atom. The minimum atomic E-state index is -1.41. The lowest BCUT2D eigenvalue weighted by molar-refractivity contribution is -0.263. The number of aliphatic hydroxyl groups excluding tert-OH is 3. The van der Waals surface area contributed by atoms with Crippen LogP contribution in [0.2, 0.25) is 0 Å². The van der Waals surface area contributed by atoms with Crippen molar-refractivity contribution >= 4 is 22.3 Å². The lowest BCUT2D eigenvalue weighted by Crippen LogP contribution is -2.68. The minimum absolute atomic E-state index is 0.348. The molecular weight excluding hydrogens is 518 g/mol. The van der Waals surface area contributed by atoms with Gasteiger partial charge in [-0.2, -0.15) is 0 Å². The van der Waals surface area contributed by atoms with E-state index in [1.54, 1.807) is 34.0 Å². The molecule has 4 rings (SSSR count). The number of amides is 1. The summed E-state index contributed by atoms with van der Waals surface area (Å²) in [5, 5.41) is 36.4. The number of nitrogens with one attached hydrogen (secondary N) is 1. The maximum absolute atomic E-state index is 13.8. The Labute approximate surface area is 242 Å². The molecule has 0 aliphatic carbocycles. The molecule has 0 saturated carbocycles. The summed E-state index contributed by atoms with van der Waals surface area (Å²) in [4.78, 5) is 13.8. The maximum Gasteiger partial charge on any atom is 0.252 e. The molecule has 0 radical (unpaired) electrons. The quantitative estimate of drug-likeness (QED) is 0.269. The summed E-state index contributed by atoms with van der Waals surface area (Å²) in [7, 11) is 1.60. The highest BCUT2D eigenvalue weighted by molar-refractivity contribution is 6.20. The number of fused-ring (bicyclic) bond motifs is 1. The number of carbonyl (C=O) groups is 1. The third-order valence-electron chi connectivity index (χ3n) is 8.78. The Bertz CT molecular complexity index is 1390. The highest BCUT2D eigenvalue weighted by atomic mass is 16.6. The number of carbonyl (C=O) groups excluding carboxylic acids is 1. The third-order valence-corrected chi connectivity index (χ3v) is 8.78. The zero-order valence-corrected chi connectivity index (χ0v) is 24.6. The van der Waals surface area contributed by atoms with Gasteiger partial charge in [-0.25, -0.2) is 0 Å². The normalized spacial score (nSPS) is 25.6. The fourth-order valence-electron chi connectivity index (χ4n) is 5.82. The van der Waals surface area contributed by atoms with E-state index in [0.29, 0.717) is 17.2 Å². The van der Waals surface area contributed by atoms with Gasteiger partial charge in [-0.15, -0.1) is 0 Å². The number of ether oxygens (including phenoxy) is 2. The largest absolute Gasteiger partial charge is 0.497 e. The number of rotatable bonds is 10. The zero-order chi connectivity index (χ0) is 29.7. The number of allylic oxidation sites excluding steroid dienone is 1. The van der Waals surface area contributed by atoms with E-state index < -0.39 is 42.5 Å². The van der Waals surface area contributed by atoms with Crippen molar-refractivity contribution in [3.05, 3.63) is 83.4 Å². The summed E-state index contributed by atoms with van der Waals surface area (Å²) in [6.45, 7) is 6.94. The van der Waals surface area contributed by atoms with Crippen LogP contribution in [0.1, 0.15) is 50.8 Å². The summed E-state index contributed by atoms with van der Waals surface area (Å²) in [5.41, 5.74) is 2.23. The molecule has 1 fully saturated rings. The molecule has 41 heavy (non-hydrogen) atoms. The SMILES string of the molecule is C/C=C(/C(=O)N[C@@]1(C)C(O)O[C@H](CO)[C@@H](O)[C@@H]1C)c1cc(OC)ccc1CC(CC)Cc1ccc2ccccc2c1. The molecule has 7 nitrogen and oxygen atoms in total. The molecule has 3 aromatic carbocycles. The van der Waals surface area contributed by atoms with Crippen molar-refractivity contribution in [2.75, 3.05) is 13.7 Å². The van der Waals surface area contributed by atoms with E-state index in [-0.39, 0.29) is 0 Å². The van der Waals surface area contributed by atoms with E-state index >= 15 is 0 Å². The molecule has 6 atom stereocenters. The summed E-state index contributed by atoms with van der Waals surface area (Å²) < 4.78 is 11.0. The van der Waals surface area contributed by atoms with Crippen molar-refractivity contribution in [1.29, 1.82) is 0 Å². The van der Waals surface area contributed by atoms with Gasteiger partial charge >= 0.3 is 0 Å². The smallest absolute Gasteiger partial charge is 0.252 e. The fraction of sp³-hybridized carbons (Fsp3) is 0.441. The van der Waals surface area contributed by atoms with Gasteiger partial charge in [0.05, 0.1) is 25.4 Å². The fourth-order valence-corrected chi connectivity index (χ4v) is 5.82. The molecule has 0 spiro atoms. The lowest BCUT2D eigenvalue weighted by atomic mass is 9.77. The molecule has 4 N–H and O–H groups in total. The van der Waals surface area contributed by atoms with E-state index in [0.717, 1.165) is 30.4 Å². The molecule has 220 valence electrons. The summed E-state index contributed by atoms with van der Waals surface area (Å²) in [6.07, 6.45) is 1.02. The Balaban J connectivity index is 1.60. The molecule has 0 aromatic heterocycles. The average molecular weight is 562 g/mol. The van der Waals surface area contributed by atoms with Crippen LogP contribution >= 0.6 is 0 Å². The van der Waals surface area contributed by atoms with Gasteiger partial charge in [0.15, 0.2) is 6.29 Å². The molecule has 1 heterocycles. The Hall–Kier alpha value is -3.23. The van der Waals surface area contributed by atoms with Crippen molar-refractivity contribution in [3.63, 3.8) is 0 Å². The topological polar surface area (TPSA) is 108 Å². The Kier molecular flexibility index (Phi) is 9.87. The first-order valence-electron chi connectivity index (χ1n) is 14.4. The first-order valence-corrected chi connectivity index (χ1v) is 14.4. The summed E-state index contributed by atoms with van der Waals surface area (Å²) >= 11 is 0. The van der Waals surface area contributed by atoms with Gasteiger partial charge in [0.1, 0.15) is 11.9 Å². The third kappa shape index (κ3) is 6.49. The van der Waals surface area contributed by atoms with E-state index in [1.807, 2.05) is 24.3 Å². The molecule has 0 bridgehead atoms. The first-order chi connectivity index (χ1) is 19.6. The van der Waals surface area contributed by atoms with Crippen LogP contribution in [0.25, 0.3) is 16.3 Å². The summed E-state index contributed by atoms with van der Waals surface area (Å²) in [6, 6.07) is 20.8. The number of hydrogen-bond acceptors (Lipinski definition) is 6. The molecule has 1 amide bonds. The number of benzene rings is 3. The van der Waals surface area contributed by atoms with Crippen LogP contribution in [-0.4, -0.2) is 59.0 Å². The molecule has 2 unspecified atom stereocenters. The van der Waals surface area contributed by atoms with Gasteiger partial charge in [-0.3, -0.25) is 4.79 Å². The maximum atomic E-state index is 13.8. The highest BCUT2D eigenvalue weighted by Gasteiger charge is 2.51. The van der Waals surface area contributed by atoms with Gasteiger partial charge in [0.2, 0.25) is 0 Å². The molecule has 1 aliphatic heterocycles. The van der Waals surface area contributed by atoms with Crippen molar-refractivity contribution < 1.29 is 29.6 Å². The Morgan fingerprint density at radius 1 is 1.10 bits per heavy atom. The zero-order valence-electron chi connectivity index (χ0n) is 24.6. The Morgan fingerprint density at radius 3 is 2.49 bits per heavy atom. The van der Waals surface area contributed by atoms with Crippen LogP contribution in [-0.2, 0) is 22.4 Å². The van der Waals surface area contributed by atoms with Crippen LogP contribution in [0, 0.1) is 11.8 Å². The van der Waals surface area contributed by atoms with Gasteiger partial charge in [-0.1, -0.05) is 74.9 Å². The predicted molar refractivity (Wildman–Crippen MR) is 161 cm³/mol. The molecular formula is C34H43NO6. The second-order valence-corrected chi connectivity index (χ2v) is 11.3. The predicted octanol–water partition coefficient (Wildman–Crippen LogP) is 4.64. The van der Waals surface area contributed by atoms with Gasteiger partial charge in [0, 0.05) is 11.5 Å². The minimum Gasteiger partial charge on any atom is -0.497 e. The van der Waals surface area contributed by atoms with Crippen LogP contribution in [0.5, 0.6) is 5.75 Å². The van der Waals surface area contributed by atoms with Crippen LogP contribution in [0.3, 0.4) is 0 Å². The lowest BCUT2D eigenvalue weighted by Gasteiger charge is -2.48. The molecule has 1 aliphatic rings. The van der Waals surface area contributed by atoms with Crippen molar-refractivity contribution in [2.24, 2.45) is 11.8 Å². The van der Waals surface area contributed by atoms with Gasteiger partial charge in [0.25, 0.3) is 5.91 Å². The summed E-state index contributed by atoms with van der Waals surface area (Å²) in [5.74, 6) is 0.0133. The van der Waals surface area contributed by atoms with E-state index in [1.165, 1.54) is 16.3 Å². The molecule has 7 heteroatoms. The van der Waals surface area contributed by atoms with Crippen molar-refractivity contribution in [3.8, 4) is 5.75 Å². The highest BCUT2D eigenvalue weighted by Crippen LogP contribution is 2.35. The van der Waals surface area contributed by atoms with Gasteiger partial charge < -0.3 is 30.1 Å². The molecule has 1 saturated heterocycles. The number of hydrogen-bond donors (Lipinski definition) is 4. The molecule has 3 aromatic rings. The van der Waals surface area contributed by atoms with E-state index in [9.17, 15) is 20.1 Å². The van der Waals surface area contributed by atoms with Crippen molar-refractivity contribution in [2.45, 2.75) is 71.0 Å².